The molecule has 1 unspecified atom stereocenters. The van der Waals surface area contributed by atoms with Gasteiger partial charge in [-0.05, 0) is 63.4 Å². The van der Waals surface area contributed by atoms with Gasteiger partial charge in [0.2, 0.25) is 0 Å². The average Bonchev–Trinajstić information content (AvgIpc) is 3.16. The summed E-state index contributed by atoms with van der Waals surface area (Å²) in [6, 6.07) is 11.8. The van der Waals surface area contributed by atoms with Crippen LogP contribution in [0, 0.1) is 0 Å². The number of Topliss-reactive ketones (excluding diaryl/α,β-unsaturated/α-hetero) is 1. The van der Waals surface area contributed by atoms with Crippen molar-refractivity contribution in [3.8, 4) is 17.2 Å². The summed E-state index contributed by atoms with van der Waals surface area (Å²) in [5.74, 6) is 0.232. The molecule has 0 radical (unpaired) electrons. The smallest absolute Gasteiger partial charge is 0.295 e. The quantitative estimate of drug-likeness (QED) is 0.277. The Labute approximate surface area is 212 Å². The van der Waals surface area contributed by atoms with Gasteiger partial charge in [0.15, 0.2) is 0 Å². The van der Waals surface area contributed by atoms with Crippen molar-refractivity contribution in [2.45, 2.75) is 65.0 Å². The first-order valence-electron chi connectivity index (χ1n) is 12.9. The summed E-state index contributed by atoms with van der Waals surface area (Å²) in [5, 5.41) is 11.6. The van der Waals surface area contributed by atoms with Crippen LogP contribution >= 0.6 is 0 Å². The molecule has 7 heteroatoms. The molecule has 0 bridgehead atoms. The van der Waals surface area contributed by atoms with Crippen LogP contribution in [0.3, 0.4) is 0 Å². The van der Waals surface area contributed by atoms with Gasteiger partial charge < -0.3 is 24.2 Å². The van der Waals surface area contributed by atoms with Crippen molar-refractivity contribution in [2.24, 2.45) is 0 Å². The zero-order valence-corrected chi connectivity index (χ0v) is 21.3. The van der Waals surface area contributed by atoms with Gasteiger partial charge in [-0.15, -0.1) is 0 Å². The summed E-state index contributed by atoms with van der Waals surface area (Å²) in [4.78, 5) is 28.6. The van der Waals surface area contributed by atoms with Crippen LogP contribution in [0.2, 0.25) is 0 Å². The number of aliphatic hydroxyl groups is 1. The molecule has 1 saturated carbocycles. The van der Waals surface area contributed by atoms with Crippen LogP contribution in [0.25, 0.3) is 5.76 Å². The third kappa shape index (κ3) is 5.06. The van der Waals surface area contributed by atoms with E-state index in [4.69, 9.17) is 14.2 Å². The van der Waals surface area contributed by atoms with Crippen LogP contribution in [0.1, 0.15) is 70.0 Å². The molecule has 2 aromatic rings. The van der Waals surface area contributed by atoms with Crippen LogP contribution in [-0.4, -0.2) is 47.6 Å². The number of ether oxygens (including phenoxy) is 3. The van der Waals surface area contributed by atoms with Gasteiger partial charge in [0.25, 0.3) is 11.7 Å². The van der Waals surface area contributed by atoms with E-state index in [1.165, 1.54) is 0 Å². The van der Waals surface area contributed by atoms with Gasteiger partial charge in [0.1, 0.15) is 23.0 Å². The monoisotopic (exact) mass is 493 g/mol. The zero-order valence-electron chi connectivity index (χ0n) is 21.3. The Kier molecular flexibility index (Phi) is 8.18. The number of carbonyl (C=O) groups is 2. The fourth-order valence-corrected chi connectivity index (χ4v) is 5.20. The van der Waals surface area contributed by atoms with E-state index in [1.54, 1.807) is 23.1 Å². The fourth-order valence-electron chi connectivity index (χ4n) is 5.20. The number of likely N-dealkylation sites (tertiary alicyclic amines) is 1. The molecule has 4 rings (SSSR count). The van der Waals surface area contributed by atoms with Crippen LogP contribution in [0.5, 0.6) is 17.2 Å². The normalized spacial score (nSPS) is 20.0. The summed E-state index contributed by atoms with van der Waals surface area (Å²) in [5.41, 5.74) is 1.20. The Morgan fingerprint density at radius 3 is 2.11 bits per heavy atom. The minimum atomic E-state index is -0.690. The van der Waals surface area contributed by atoms with Crippen molar-refractivity contribution in [2.75, 3.05) is 19.8 Å². The molecular weight excluding hydrogens is 458 g/mol. The highest BCUT2D eigenvalue weighted by Crippen LogP contribution is 2.44. The number of benzene rings is 2. The molecule has 2 fully saturated rings. The molecule has 1 aliphatic heterocycles. The molecule has 0 aromatic heterocycles. The van der Waals surface area contributed by atoms with E-state index >= 15 is 0 Å². The van der Waals surface area contributed by atoms with E-state index in [-0.39, 0.29) is 17.4 Å². The third-order valence-corrected chi connectivity index (χ3v) is 6.77. The molecule has 0 spiro atoms. The summed E-state index contributed by atoms with van der Waals surface area (Å²) >= 11 is 0. The van der Waals surface area contributed by atoms with Crippen molar-refractivity contribution in [1.29, 1.82) is 0 Å². The van der Waals surface area contributed by atoms with Crippen molar-refractivity contribution < 1.29 is 28.9 Å². The largest absolute Gasteiger partial charge is 0.507 e. The number of amides is 1. The molecule has 36 heavy (non-hydrogen) atoms. The topological polar surface area (TPSA) is 85.3 Å². The zero-order chi connectivity index (χ0) is 25.7. The highest BCUT2D eigenvalue weighted by molar-refractivity contribution is 6.46. The van der Waals surface area contributed by atoms with E-state index in [0.29, 0.717) is 42.6 Å². The summed E-state index contributed by atoms with van der Waals surface area (Å²) in [6.07, 6.45) is 4.83. The number of hydrogen-bond acceptors (Lipinski definition) is 6. The Morgan fingerprint density at radius 2 is 1.47 bits per heavy atom. The number of nitrogens with zero attached hydrogens (tertiary/aromatic N) is 1. The van der Waals surface area contributed by atoms with Gasteiger partial charge in [-0.25, -0.2) is 0 Å². The van der Waals surface area contributed by atoms with E-state index in [9.17, 15) is 14.7 Å². The van der Waals surface area contributed by atoms with E-state index in [0.717, 1.165) is 37.7 Å². The third-order valence-electron chi connectivity index (χ3n) is 6.77. The molecule has 1 heterocycles. The number of rotatable bonds is 9. The van der Waals surface area contributed by atoms with Gasteiger partial charge in [0.05, 0.1) is 37.0 Å². The average molecular weight is 494 g/mol. The molecule has 2 aromatic carbocycles. The van der Waals surface area contributed by atoms with E-state index < -0.39 is 17.7 Å². The van der Waals surface area contributed by atoms with Gasteiger partial charge >= 0.3 is 0 Å². The Morgan fingerprint density at radius 1 is 0.861 bits per heavy atom. The second kappa shape index (κ2) is 11.5. The van der Waals surface area contributed by atoms with Crippen LogP contribution in [0.4, 0.5) is 0 Å². The first kappa shape index (κ1) is 25.6. The second-order valence-corrected chi connectivity index (χ2v) is 9.02. The molecule has 1 atom stereocenters. The van der Waals surface area contributed by atoms with Crippen molar-refractivity contribution in [1.82, 2.24) is 4.90 Å². The van der Waals surface area contributed by atoms with Crippen LogP contribution in [0.15, 0.2) is 48.0 Å². The summed E-state index contributed by atoms with van der Waals surface area (Å²) < 4.78 is 17.0. The SMILES string of the molecule is CCOc1ccc(C2/C(=C(/O)c3ccc(OCC)cc3OCC)C(=O)C(=O)N2C2CCCCC2)cc1. The Bertz CT molecular complexity index is 1120. The molecule has 1 saturated heterocycles. The maximum Gasteiger partial charge on any atom is 0.295 e. The molecule has 7 nitrogen and oxygen atoms in total. The number of hydrogen-bond donors (Lipinski definition) is 1. The van der Waals surface area contributed by atoms with Crippen molar-refractivity contribution in [3.05, 3.63) is 59.2 Å². The van der Waals surface area contributed by atoms with E-state index in [2.05, 4.69) is 0 Å². The van der Waals surface area contributed by atoms with Gasteiger partial charge in [-0.2, -0.15) is 0 Å². The van der Waals surface area contributed by atoms with Gasteiger partial charge in [0, 0.05) is 12.1 Å². The number of carbonyl (C=O) groups excluding carboxylic acids is 2. The standard InChI is InChI=1S/C29H35NO6/c1-4-34-21-14-12-19(13-15-21)26-25(28(32)29(33)30(26)20-10-8-7-9-11-20)27(31)23-17-16-22(35-5-2)18-24(23)36-6-3/h12-18,20,26,31H,4-11H2,1-3H3/b27-25-. The molecule has 192 valence electrons. The summed E-state index contributed by atoms with van der Waals surface area (Å²) in [6.45, 7) is 7.04. The van der Waals surface area contributed by atoms with Crippen molar-refractivity contribution in [3.63, 3.8) is 0 Å². The fraction of sp³-hybridized carbons (Fsp3) is 0.448. The predicted molar refractivity (Wildman–Crippen MR) is 137 cm³/mol. The Balaban J connectivity index is 1.85. The lowest BCUT2D eigenvalue weighted by atomic mass is 9.91. The van der Waals surface area contributed by atoms with Crippen LogP contribution in [-0.2, 0) is 9.59 Å². The van der Waals surface area contributed by atoms with Gasteiger partial charge in [-0.3, -0.25) is 9.59 Å². The maximum atomic E-state index is 13.5. The highest BCUT2D eigenvalue weighted by atomic mass is 16.5. The lowest BCUT2D eigenvalue weighted by Gasteiger charge is -2.35. The molecule has 1 amide bonds. The molecular formula is C29H35NO6. The van der Waals surface area contributed by atoms with Crippen molar-refractivity contribution >= 4 is 17.4 Å². The summed E-state index contributed by atoms with van der Waals surface area (Å²) in [7, 11) is 0. The number of ketones is 1. The molecule has 1 N–H and O–H groups in total. The Hall–Kier alpha value is -3.48. The second-order valence-electron chi connectivity index (χ2n) is 9.02. The minimum absolute atomic E-state index is 0.0521. The highest BCUT2D eigenvalue weighted by Gasteiger charge is 2.49. The predicted octanol–water partition coefficient (Wildman–Crippen LogP) is 5.64. The molecule has 1 aliphatic carbocycles. The number of aliphatic hydroxyl groups excluding tert-OH is 1. The van der Waals surface area contributed by atoms with Crippen LogP contribution < -0.4 is 14.2 Å². The lowest BCUT2D eigenvalue weighted by molar-refractivity contribution is -0.141. The van der Waals surface area contributed by atoms with E-state index in [1.807, 2.05) is 45.0 Å². The first-order valence-corrected chi connectivity index (χ1v) is 12.9. The van der Waals surface area contributed by atoms with Gasteiger partial charge in [-0.1, -0.05) is 31.4 Å². The lowest BCUT2D eigenvalue weighted by Crippen LogP contribution is -2.40. The maximum absolute atomic E-state index is 13.5. The first-order chi connectivity index (χ1) is 17.5. The minimum Gasteiger partial charge on any atom is -0.507 e. The molecule has 2 aliphatic rings.